The van der Waals surface area contributed by atoms with Crippen molar-refractivity contribution in [1.82, 2.24) is 19.7 Å². The summed E-state index contributed by atoms with van der Waals surface area (Å²) in [7, 11) is 2.19. The molecule has 1 amide bonds. The highest BCUT2D eigenvalue weighted by Crippen LogP contribution is 2.23. The lowest BCUT2D eigenvalue weighted by Crippen LogP contribution is -2.47. The number of likely N-dealkylation sites (N-methyl/N-ethyl adjacent to an activating group) is 1. The van der Waals surface area contributed by atoms with Gasteiger partial charge in [-0.1, -0.05) is 12.1 Å². The van der Waals surface area contributed by atoms with Crippen LogP contribution in [0.4, 0.5) is 0 Å². The Labute approximate surface area is 190 Å². The summed E-state index contributed by atoms with van der Waals surface area (Å²) < 4.78 is 6.78. The Bertz CT molecular complexity index is 795. The largest absolute Gasteiger partial charge is 0.381 e. The lowest BCUT2D eigenvalue weighted by atomic mass is 10.1. The molecule has 0 spiro atoms. The predicted molar refractivity (Wildman–Crippen MR) is 127 cm³/mol. The number of amides is 1. The van der Waals surface area contributed by atoms with Crippen LogP contribution < -0.4 is 0 Å². The van der Waals surface area contributed by atoms with Crippen LogP contribution in [0.1, 0.15) is 37.1 Å². The van der Waals surface area contributed by atoms with Gasteiger partial charge in [0.15, 0.2) is 0 Å². The van der Waals surface area contributed by atoms with Crippen molar-refractivity contribution in [2.24, 2.45) is 0 Å². The molecule has 170 valence electrons. The summed E-state index contributed by atoms with van der Waals surface area (Å²) in [5.74, 6) is 0.311. The molecule has 2 fully saturated rings. The summed E-state index contributed by atoms with van der Waals surface area (Å²) >= 11 is 1.75. The van der Waals surface area contributed by atoms with Crippen molar-refractivity contribution in [3.63, 3.8) is 0 Å². The first-order chi connectivity index (χ1) is 15.2. The second-order valence-corrected chi connectivity index (χ2v) is 9.97. The van der Waals surface area contributed by atoms with Gasteiger partial charge in [-0.15, -0.1) is 11.3 Å². The molecule has 1 aromatic carbocycles. The zero-order valence-electron chi connectivity index (χ0n) is 18.8. The van der Waals surface area contributed by atoms with E-state index in [9.17, 15) is 4.79 Å². The Hall–Kier alpha value is -1.54. The fourth-order valence-electron chi connectivity index (χ4n) is 4.61. The molecule has 4 rings (SSSR count). The SMILES string of the molecule is CN1CCN(CCCN(C(=O)CCCc2nc3ccccc3s2)C2CCOCC2)CC1. The smallest absolute Gasteiger partial charge is 0.222 e. The Kier molecular flexibility index (Phi) is 8.30. The average Bonchev–Trinajstić information content (AvgIpc) is 3.21. The van der Waals surface area contributed by atoms with Crippen LogP contribution in [0.2, 0.25) is 0 Å². The fourth-order valence-corrected chi connectivity index (χ4v) is 5.61. The minimum atomic E-state index is 0.311. The van der Waals surface area contributed by atoms with Crippen molar-refractivity contribution in [2.75, 3.05) is 59.5 Å². The maximum absolute atomic E-state index is 13.2. The molecule has 0 saturated carbocycles. The second kappa shape index (κ2) is 11.4. The van der Waals surface area contributed by atoms with Gasteiger partial charge in [-0.25, -0.2) is 4.98 Å². The van der Waals surface area contributed by atoms with E-state index in [1.807, 2.05) is 6.07 Å². The summed E-state index contributed by atoms with van der Waals surface area (Å²) in [4.78, 5) is 25.0. The minimum Gasteiger partial charge on any atom is -0.381 e. The highest BCUT2D eigenvalue weighted by Gasteiger charge is 2.25. The van der Waals surface area contributed by atoms with Crippen LogP contribution in [0.15, 0.2) is 24.3 Å². The zero-order valence-corrected chi connectivity index (χ0v) is 19.6. The van der Waals surface area contributed by atoms with Crippen LogP contribution in [0, 0.1) is 0 Å². The van der Waals surface area contributed by atoms with E-state index in [0.29, 0.717) is 18.4 Å². The summed E-state index contributed by atoms with van der Waals surface area (Å²) in [5, 5.41) is 1.14. The van der Waals surface area contributed by atoms with Crippen LogP contribution in [0.5, 0.6) is 0 Å². The Balaban J connectivity index is 1.27. The van der Waals surface area contributed by atoms with Gasteiger partial charge in [0.2, 0.25) is 5.91 Å². The maximum atomic E-state index is 13.2. The third-order valence-corrected chi connectivity index (χ3v) is 7.64. The van der Waals surface area contributed by atoms with Crippen molar-refractivity contribution >= 4 is 27.5 Å². The number of ether oxygens (including phenoxy) is 1. The number of aromatic nitrogens is 1. The molecule has 0 atom stereocenters. The number of fused-ring (bicyclic) bond motifs is 1. The van der Waals surface area contributed by atoms with Gasteiger partial charge in [0.1, 0.15) is 0 Å². The number of piperazine rings is 1. The second-order valence-electron chi connectivity index (χ2n) is 8.86. The van der Waals surface area contributed by atoms with Crippen LogP contribution in [-0.4, -0.2) is 91.2 Å². The van der Waals surface area contributed by atoms with Crippen molar-refractivity contribution in [3.8, 4) is 0 Å². The van der Waals surface area contributed by atoms with E-state index in [0.717, 1.165) is 95.1 Å². The van der Waals surface area contributed by atoms with Gasteiger partial charge >= 0.3 is 0 Å². The molecule has 0 unspecified atom stereocenters. The molecular weight excluding hydrogens is 408 g/mol. The number of carbonyl (C=O) groups is 1. The molecular formula is C24H36N4O2S. The van der Waals surface area contributed by atoms with E-state index in [2.05, 4.69) is 39.9 Å². The summed E-state index contributed by atoms with van der Waals surface area (Å²) in [5.41, 5.74) is 1.07. The molecule has 6 nitrogen and oxygen atoms in total. The summed E-state index contributed by atoms with van der Waals surface area (Å²) in [6.45, 7) is 8.09. The van der Waals surface area contributed by atoms with Gasteiger partial charge in [0, 0.05) is 58.4 Å². The van der Waals surface area contributed by atoms with Crippen LogP contribution >= 0.6 is 11.3 Å². The van der Waals surface area contributed by atoms with Crippen molar-refractivity contribution in [1.29, 1.82) is 0 Å². The number of nitrogens with zero attached hydrogens (tertiary/aromatic N) is 4. The number of thiazole rings is 1. The van der Waals surface area contributed by atoms with E-state index in [-0.39, 0.29) is 0 Å². The summed E-state index contributed by atoms with van der Waals surface area (Å²) in [6.07, 6.45) is 5.37. The van der Waals surface area contributed by atoms with Gasteiger partial charge in [-0.3, -0.25) is 4.79 Å². The normalized spacial score (nSPS) is 19.1. The van der Waals surface area contributed by atoms with E-state index < -0.39 is 0 Å². The van der Waals surface area contributed by atoms with Gasteiger partial charge in [0.25, 0.3) is 0 Å². The number of aryl methyl sites for hydroxylation is 1. The average molecular weight is 445 g/mol. The molecule has 1 aromatic heterocycles. The van der Waals surface area contributed by atoms with E-state index >= 15 is 0 Å². The van der Waals surface area contributed by atoms with Crippen LogP contribution in [0.3, 0.4) is 0 Å². The van der Waals surface area contributed by atoms with E-state index in [1.54, 1.807) is 11.3 Å². The van der Waals surface area contributed by atoms with Gasteiger partial charge in [0.05, 0.1) is 15.2 Å². The third kappa shape index (κ3) is 6.48. The minimum absolute atomic E-state index is 0.311. The van der Waals surface area contributed by atoms with Crippen molar-refractivity contribution in [3.05, 3.63) is 29.3 Å². The first-order valence-electron chi connectivity index (χ1n) is 11.8. The molecule has 0 N–H and O–H groups in total. The first-order valence-corrected chi connectivity index (χ1v) is 12.6. The van der Waals surface area contributed by atoms with Crippen molar-refractivity contribution in [2.45, 2.75) is 44.6 Å². The number of benzene rings is 1. The van der Waals surface area contributed by atoms with Crippen LogP contribution in [0.25, 0.3) is 10.2 Å². The molecule has 7 heteroatoms. The predicted octanol–water partition coefficient (Wildman–Crippen LogP) is 3.26. The Morgan fingerprint density at radius 1 is 1.16 bits per heavy atom. The summed E-state index contributed by atoms with van der Waals surface area (Å²) in [6, 6.07) is 8.62. The highest BCUT2D eigenvalue weighted by molar-refractivity contribution is 7.18. The number of carbonyl (C=O) groups excluding carboxylic acids is 1. The standard InChI is InChI=1S/C24H36N4O2S/c1-26-14-16-27(17-15-26)12-5-13-28(20-10-18-30-19-11-20)24(29)9-4-8-23-25-21-6-2-3-7-22(21)31-23/h2-3,6-7,20H,4-5,8-19H2,1H3. The number of rotatable bonds is 9. The number of hydrogen-bond acceptors (Lipinski definition) is 6. The third-order valence-electron chi connectivity index (χ3n) is 6.54. The van der Waals surface area contributed by atoms with E-state index in [4.69, 9.17) is 9.72 Å². The molecule has 2 aromatic rings. The quantitative estimate of drug-likeness (QED) is 0.594. The van der Waals surface area contributed by atoms with Crippen LogP contribution in [-0.2, 0) is 16.0 Å². The molecule has 2 aliphatic rings. The molecule has 0 bridgehead atoms. The number of hydrogen-bond donors (Lipinski definition) is 0. The molecule has 0 aliphatic carbocycles. The Morgan fingerprint density at radius 3 is 2.71 bits per heavy atom. The number of para-hydroxylation sites is 1. The molecule has 31 heavy (non-hydrogen) atoms. The molecule has 2 aliphatic heterocycles. The van der Waals surface area contributed by atoms with Gasteiger partial charge < -0.3 is 19.4 Å². The monoisotopic (exact) mass is 444 g/mol. The molecule has 2 saturated heterocycles. The first kappa shape index (κ1) is 22.6. The molecule has 0 radical (unpaired) electrons. The lowest BCUT2D eigenvalue weighted by molar-refractivity contribution is -0.135. The van der Waals surface area contributed by atoms with Gasteiger partial charge in [-0.2, -0.15) is 0 Å². The van der Waals surface area contributed by atoms with Gasteiger partial charge in [-0.05, 0) is 57.8 Å². The fraction of sp³-hybridized carbons (Fsp3) is 0.667. The topological polar surface area (TPSA) is 48.9 Å². The Morgan fingerprint density at radius 2 is 1.94 bits per heavy atom. The maximum Gasteiger partial charge on any atom is 0.222 e. The van der Waals surface area contributed by atoms with Crippen molar-refractivity contribution < 1.29 is 9.53 Å². The van der Waals surface area contributed by atoms with E-state index in [1.165, 1.54) is 4.70 Å². The molecule has 3 heterocycles. The highest BCUT2D eigenvalue weighted by atomic mass is 32.1. The lowest BCUT2D eigenvalue weighted by Gasteiger charge is -2.36. The zero-order chi connectivity index (χ0) is 21.5.